The zero-order valence-electron chi connectivity index (χ0n) is 13.9. The molecule has 0 spiro atoms. The number of fused-ring (bicyclic) bond motifs is 1. The van der Waals surface area contributed by atoms with E-state index in [0.717, 1.165) is 5.52 Å². The number of amides is 1. The molecule has 0 bridgehead atoms. The number of nitrogens with zero attached hydrogens (tertiary/aromatic N) is 2. The summed E-state index contributed by atoms with van der Waals surface area (Å²) >= 11 is 5.89. The molecule has 1 aromatic heterocycles. The lowest BCUT2D eigenvalue weighted by Gasteiger charge is -2.09. The normalized spacial score (nSPS) is 10.7. The van der Waals surface area contributed by atoms with Gasteiger partial charge in [-0.15, -0.1) is 0 Å². The molecule has 26 heavy (non-hydrogen) atoms. The minimum absolute atomic E-state index is 0.0765. The number of aromatic nitrogens is 2. The second-order valence-corrected chi connectivity index (χ2v) is 5.98. The number of ether oxygens (including phenoxy) is 1. The van der Waals surface area contributed by atoms with Gasteiger partial charge >= 0.3 is 5.97 Å². The van der Waals surface area contributed by atoms with Gasteiger partial charge in [0.1, 0.15) is 5.75 Å². The molecule has 0 aliphatic heterocycles. The first-order valence-electron chi connectivity index (χ1n) is 7.81. The van der Waals surface area contributed by atoms with Crippen LogP contribution in [0, 0.1) is 0 Å². The number of esters is 1. The fraction of sp³-hybridized carbons (Fsp3) is 0.167. The average Bonchev–Trinajstić information content (AvgIpc) is 3.05. The zero-order valence-corrected chi connectivity index (χ0v) is 14.7. The number of anilines is 1. The lowest BCUT2D eigenvalue weighted by Crippen LogP contribution is -2.12. The number of methoxy groups -OCH3 is 1. The molecule has 1 heterocycles. The number of phenols is 1. The number of benzene rings is 2. The SMILES string of the molecule is COC(=O)CCn1ncc2c(NC(=O)c3cc(Cl)ccc3O)cccc21. The molecule has 0 fully saturated rings. The summed E-state index contributed by atoms with van der Waals surface area (Å²) in [6, 6.07) is 9.60. The fourth-order valence-corrected chi connectivity index (χ4v) is 2.74. The Bertz CT molecular complexity index is 984. The number of halogens is 1. The second kappa shape index (κ2) is 7.45. The number of hydrogen-bond acceptors (Lipinski definition) is 5. The number of aryl methyl sites for hydroxylation is 1. The summed E-state index contributed by atoms with van der Waals surface area (Å²) in [6.07, 6.45) is 1.81. The summed E-state index contributed by atoms with van der Waals surface area (Å²) in [4.78, 5) is 23.8. The number of nitrogens with one attached hydrogen (secondary N) is 1. The largest absolute Gasteiger partial charge is 0.507 e. The molecule has 0 atom stereocenters. The van der Waals surface area contributed by atoms with Crippen molar-refractivity contribution < 1.29 is 19.4 Å². The van der Waals surface area contributed by atoms with Crippen LogP contribution in [0.5, 0.6) is 5.75 Å². The number of aromatic hydroxyl groups is 1. The minimum atomic E-state index is -0.486. The Balaban J connectivity index is 1.86. The van der Waals surface area contributed by atoms with Crippen LogP contribution >= 0.6 is 11.6 Å². The van der Waals surface area contributed by atoms with E-state index in [1.165, 1.54) is 25.3 Å². The van der Waals surface area contributed by atoms with Crippen molar-refractivity contribution >= 4 is 40.1 Å². The highest BCUT2D eigenvalue weighted by molar-refractivity contribution is 6.31. The van der Waals surface area contributed by atoms with E-state index in [0.29, 0.717) is 22.6 Å². The molecule has 8 heteroatoms. The van der Waals surface area contributed by atoms with Crippen molar-refractivity contribution in [1.29, 1.82) is 0 Å². The molecule has 2 aromatic carbocycles. The summed E-state index contributed by atoms with van der Waals surface area (Å²) in [5.41, 5.74) is 1.38. The van der Waals surface area contributed by atoms with E-state index < -0.39 is 5.91 Å². The van der Waals surface area contributed by atoms with Gasteiger partial charge in [-0.05, 0) is 30.3 Å². The zero-order chi connectivity index (χ0) is 18.7. The standard InChI is InChI=1S/C18H16ClN3O4/c1-26-17(24)7-8-22-15-4-2-3-14(13(15)10-20-22)21-18(25)12-9-11(19)5-6-16(12)23/h2-6,9-10,23H,7-8H2,1H3,(H,21,25). The first-order valence-corrected chi connectivity index (χ1v) is 8.18. The monoisotopic (exact) mass is 373 g/mol. The van der Waals surface area contributed by atoms with Crippen LogP contribution in [0.15, 0.2) is 42.6 Å². The highest BCUT2D eigenvalue weighted by atomic mass is 35.5. The van der Waals surface area contributed by atoms with Crippen molar-refractivity contribution in [3.8, 4) is 5.75 Å². The maximum atomic E-state index is 12.5. The van der Waals surface area contributed by atoms with Crippen LogP contribution in [0.3, 0.4) is 0 Å². The van der Waals surface area contributed by atoms with Gasteiger partial charge in [-0.1, -0.05) is 17.7 Å². The molecule has 0 radical (unpaired) electrons. The van der Waals surface area contributed by atoms with Crippen molar-refractivity contribution in [2.75, 3.05) is 12.4 Å². The molecule has 0 saturated carbocycles. The molecule has 1 amide bonds. The van der Waals surface area contributed by atoms with Crippen molar-refractivity contribution in [2.24, 2.45) is 0 Å². The van der Waals surface area contributed by atoms with Crippen LogP contribution < -0.4 is 5.32 Å². The fourth-order valence-electron chi connectivity index (χ4n) is 2.57. The maximum absolute atomic E-state index is 12.5. The summed E-state index contributed by atoms with van der Waals surface area (Å²) in [7, 11) is 1.34. The molecule has 0 saturated heterocycles. The number of phenolic OH excluding ortho intramolecular Hbond substituents is 1. The number of hydrogen-bond donors (Lipinski definition) is 2. The average molecular weight is 374 g/mol. The van der Waals surface area contributed by atoms with Crippen LogP contribution in [0.4, 0.5) is 5.69 Å². The van der Waals surface area contributed by atoms with E-state index in [1.54, 1.807) is 23.0 Å². The van der Waals surface area contributed by atoms with Gasteiger partial charge in [-0.2, -0.15) is 5.10 Å². The second-order valence-electron chi connectivity index (χ2n) is 5.55. The molecular weight excluding hydrogens is 358 g/mol. The molecule has 0 aliphatic carbocycles. The molecule has 3 aromatic rings. The quantitative estimate of drug-likeness (QED) is 0.670. The molecule has 134 valence electrons. The lowest BCUT2D eigenvalue weighted by atomic mass is 10.1. The van der Waals surface area contributed by atoms with Crippen molar-refractivity contribution in [3.63, 3.8) is 0 Å². The molecule has 7 nitrogen and oxygen atoms in total. The Morgan fingerprint density at radius 3 is 2.88 bits per heavy atom. The van der Waals surface area contributed by atoms with Gasteiger partial charge in [0.2, 0.25) is 0 Å². The van der Waals surface area contributed by atoms with Gasteiger partial charge < -0.3 is 15.2 Å². The van der Waals surface area contributed by atoms with E-state index in [4.69, 9.17) is 11.6 Å². The predicted molar refractivity (Wildman–Crippen MR) is 97.4 cm³/mol. The van der Waals surface area contributed by atoms with Crippen LogP contribution in [0.1, 0.15) is 16.8 Å². The third kappa shape index (κ3) is 3.62. The van der Waals surface area contributed by atoms with Crippen LogP contribution in [0.25, 0.3) is 10.9 Å². The molecular formula is C18H16ClN3O4. The highest BCUT2D eigenvalue weighted by Crippen LogP contribution is 2.26. The third-order valence-corrected chi connectivity index (χ3v) is 4.13. The van der Waals surface area contributed by atoms with Gasteiger partial charge in [0.15, 0.2) is 0 Å². The summed E-state index contributed by atoms with van der Waals surface area (Å²) in [6.45, 7) is 0.364. The predicted octanol–water partition coefficient (Wildman–Crippen LogP) is 3.21. The summed E-state index contributed by atoms with van der Waals surface area (Å²) in [5, 5.41) is 17.9. The van der Waals surface area contributed by atoms with E-state index in [9.17, 15) is 14.7 Å². The lowest BCUT2D eigenvalue weighted by molar-refractivity contribution is -0.140. The van der Waals surface area contributed by atoms with Gasteiger partial charge in [0.25, 0.3) is 5.91 Å². The van der Waals surface area contributed by atoms with Crippen LogP contribution in [-0.4, -0.2) is 33.9 Å². The molecule has 3 rings (SSSR count). The molecule has 0 unspecified atom stereocenters. The third-order valence-electron chi connectivity index (χ3n) is 3.89. The Morgan fingerprint density at radius 1 is 1.31 bits per heavy atom. The number of carbonyl (C=O) groups excluding carboxylic acids is 2. The van der Waals surface area contributed by atoms with Crippen molar-refractivity contribution in [2.45, 2.75) is 13.0 Å². The van der Waals surface area contributed by atoms with Crippen LogP contribution in [0.2, 0.25) is 5.02 Å². The van der Waals surface area contributed by atoms with E-state index in [1.807, 2.05) is 6.07 Å². The van der Waals surface area contributed by atoms with Crippen molar-refractivity contribution in [1.82, 2.24) is 9.78 Å². The van der Waals surface area contributed by atoms with E-state index in [-0.39, 0.29) is 23.7 Å². The van der Waals surface area contributed by atoms with Gasteiger partial charge in [0, 0.05) is 10.4 Å². The molecule has 0 aliphatic rings. The Morgan fingerprint density at radius 2 is 2.12 bits per heavy atom. The minimum Gasteiger partial charge on any atom is -0.507 e. The number of carbonyl (C=O) groups is 2. The maximum Gasteiger partial charge on any atom is 0.307 e. The summed E-state index contributed by atoms with van der Waals surface area (Å²) < 4.78 is 6.30. The molecule has 2 N–H and O–H groups in total. The smallest absolute Gasteiger partial charge is 0.307 e. The van der Waals surface area contributed by atoms with Crippen molar-refractivity contribution in [3.05, 3.63) is 53.2 Å². The van der Waals surface area contributed by atoms with E-state index in [2.05, 4.69) is 15.2 Å². The van der Waals surface area contributed by atoms with Crippen LogP contribution in [-0.2, 0) is 16.1 Å². The number of rotatable bonds is 5. The van der Waals surface area contributed by atoms with Gasteiger partial charge in [-0.25, -0.2) is 0 Å². The first kappa shape index (κ1) is 17.8. The van der Waals surface area contributed by atoms with Gasteiger partial charge in [-0.3, -0.25) is 14.3 Å². The topological polar surface area (TPSA) is 93.5 Å². The summed E-state index contributed by atoms with van der Waals surface area (Å²) in [5.74, 6) is -0.970. The first-order chi connectivity index (χ1) is 12.5. The van der Waals surface area contributed by atoms with Gasteiger partial charge in [0.05, 0.1) is 43.0 Å². The highest BCUT2D eigenvalue weighted by Gasteiger charge is 2.15. The Kier molecular flexibility index (Phi) is 5.09. The Hall–Kier alpha value is -3.06. The van der Waals surface area contributed by atoms with E-state index >= 15 is 0 Å². The Labute approximate surface area is 154 Å².